The molecule has 0 aliphatic heterocycles. The zero-order valence-electron chi connectivity index (χ0n) is 9.96. The van der Waals surface area contributed by atoms with Gasteiger partial charge in [-0.2, -0.15) is 0 Å². The Labute approximate surface area is 109 Å². The number of aromatic nitrogens is 2. The van der Waals surface area contributed by atoms with Crippen molar-refractivity contribution >= 4 is 22.0 Å². The summed E-state index contributed by atoms with van der Waals surface area (Å²) in [7, 11) is 0. The van der Waals surface area contributed by atoms with Gasteiger partial charge in [0.1, 0.15) is 12.4 Å². The van der Waals surface area contributed by atoms with Gasteiger partial charge in [0.2, 0.25) is 0 Å². The fourth-order valence-corrected chi connectivity index (χ4v) is 2.46. The first-order valence-electron chi connectivity index (χ1n) is 5.62. The average Bonchev–Trinajstić information content (AvgIpc) is 2.91. The van der Waals surface area contributed by atoms with Gasteiger partial charge >= 0.3 is 0 Å². The molecule has 0 spiro atoms. The van der Waals surface area contributed by atoms with Gasteiger partial charge in [0.25, 0.3) is 0 Å². The Kier molecular flexibility index (Phi) is 2.68. The van der Waals surface area contributed by atoms with E-state index in [0.29, 0.717) is 6.61 Å². The number of thiazole rings is 1. The van der Waals surface area contributed by atoms with Crippen molar-refractivity contribution in [3.63, 3.8) is 0 Å². The first kappa shape index (κ1) is 11.1. The van der Waals surface area contributed by atoms with Crippen molar-refractivity contribution < 1.29 is 4.74 Å². The molecule has 0 aliphatic rings. The molecular weight excluding hydrogens is 246 g/mol. The molecule has 0 fully saturated rings. The summed E-state index contributed by atoms with van der Waals surface area (Å²) in [5, 5.41) is 2.01. The van der Waals surface area contributed by atoms with Crippen LogP contribution in [0.1, 0.15) is 11.3 Å². The van der Waals surface area contributed by atoms with Crippen molar-refractivity contribution in [1.29, 1.82) is 0 Å². The molecule has 0 unspecified atom stereocenters. The topological polar surface area (TPSA) is 52.5 Å². The number of benzene rings is 1. The fourth-order valence-electron chi connectivity index (χ4n) is 1.74. The summed E-state index contributed by atoms with van der Waals surface area (Å²) in [6.45, 7) is 2.44. The number of ether oxygens (including phenoxy) is 1. The summed E-state index contributed by atoms with van der Waals surface area (Å²) < 4.78 is 7.70. The highest BCUT2D eigenvalue weighted by molar-refractivity contribution is 7.15. The summed E-state index contributed by atoms with van der Waals surface area (Å²) in [4.78, 5) is 5.45. The molecule has 0 amide bonds. The largest absolute Gasteiger partial charge is 0.487 e. The second-order valence-electron chi connectivity index (χ2n) is 4.13. The monoisotopic (exact) mass is 259 g/mol. The summed E-state index contributed by atoms with van der Waals surface area (Å²) in [5.74, 6) is 0.818. The van der Waals surface area contributed by atoms with Crippen LogP contribution in [0.4, 0.5) is 5.69 Å². The molecule has 92 valence electrons. The molecule has 3 rings (SSSR count). The molecule has 0 radical (unpaired) electrons. The van der Waals surface area contributed by atoms with E-state index in [4.69, 9.17) is 10.5 Å². The van der Waals surface area contributed by atoms with Crippen LogP contribution in [0, 0.1) is 6.92 Å². The number of hydrogen-bond donors (Lipinski definition) is 1. The number of fused-ring (bicyclic) bond motifs is 1. The van der Waals surface area contributed by atoms with Crippen molar-refractivity contribution in [3.05, 3.63) is 47.2 Å². The quantitative estimate of drug-likeness (QED) is 0.736. The zero-order valence-corrected chi connectivity index (χ0v) is 10.8. The van der Waals surface area contributed by atoms with Crippen molar-refractivity contribution in [2.45, 2.75) is 13.5 Å². The number of imidazole rings is 1. The standard InChI is InChI=1S/C13H13N3OS/c1-9-6-11(2-3-12(9)14)17-8-10-7-16-4-5-18-13(16)15-10/h2-7H,8,14H2,1H3. The lowest BCUT2D eigenvalue weighted by Crippen LogP contribution is -1.97. The summed E-state index contributed by atoms with van der Waals surface area (Å²) in [6.07, 6.45) is 3.97. The molecule has 18 heavy (non-hydrogen) atoms. The van der Waals surface area contributed by atoms with Gasteiger partial charge < -0.3 is 10.5 Å². The van der Waals surface area contributed by atoms with Gasteiger partial charge in [0.05, 0.1) is 5.69 Å². The van der Waals surface area contributed by atoms with Gasteiger partial charge in [-0.3, -0.25) is 4.40 Å². The van der Waals surface area contributed by atoms with Gasteiger partial charge in [-0.25, -0.2) is 4.98 Å². The van der Waals surface area contributed by atoms with Crippen LogP contribution in [0.2, 0.25) is 0 Å². The molecule has 0 saturated carbocycles. The van der Waals surface area contributed by atoms with Gasteiger partial charge in [-0.1, -0.05) is 0 Å². The molecule has 0 aliphatic carbocycles. The molecule has 2 aromatic heterocycles. The van der Waals surface area contributed by atoms with E-state index in [1.165, 1.54) is 0 Å². The second kappa shape index (κ2) is 4.34. The van der Waals surface area contributed by atoms with Crippen LogP contribution in [0.25, 0.3) is 4.96 Å². The van der Waals surface area contributed by atoms with Crippen LogP contribution in [0.15, 0.2) is 36.0 Å². The number of nitrogens with zero attached hydrogens (tertiary/aromatic N) is 2. The number of nitrogen functional groups attached to an aromatic ring is 1. The molecule has 0 atom stereocenters. The van der Waals surface area contributed by atoms with E-state index in [9.17, 15) is 0 Å². The molecule has 1 aromatic carbocycles. The second-order valence-corrected chi connectivity index (χ2v) is 5.01. The Hall–Kier alpha value is -2.01. The van der Waals surface area contributed by atoms with Crippen LogP contribution in [0.5, 0.6) is 5.75 Å². The molecule has 0 bridgehead atoms. The van der Waals surface area contributed by atoms with E-state index < -0.39 is 0 Å². The molecule has 3 aromatic rings. The first-order chi connectivity index (χ1) is 8.72. The third kappa shape index (κ3) is 2.04. The molecule has 0 saturated heterocycles. The minimum absolute atomic E-state index is 0.470. The van der Waals surface area contributed by atoms with E-state index >= 15 is 0 Å². The van der Waals surface area contributed by atoms with E-state index in [1.54, 1.807) is 11.3 Å². The smallest absolute Gasteiger partial charge is 0.193 e. The summed E-state index contributed by atoms with van der Waals surface area (Å²) in [5.41, 5.74) is 8.50. The maximum Gasteiger partial charge on any atom is 0.193 e. The lowest BCUT2D eigenvalue weighted by Gasteiger charge is -2.06. The highest BCUT2D eigenvalue weighted by atomic mass is 32.1. The highest BCUT2D eigenvalue weighted by Gasteiger charge is 2.04. The van der Waals surface area contributed by atoms with Crippen molar-refractivity contribution in [1.82, 2.24) is 9.38 Å². The fraction of sp³-hybridized carbons (Fsp3) is 0.154. The molecule has 2 heterocycles. The number of hydrogen-bond acceptors (Lipinski definition) is 4. The zero-order chi connectivity index (χ0) is 12.5. The van der Waals surface area contributed by atoms with Gasteiger partial charge in [-0.05, 0) is 30.7 Å². The third-order valence-electron chi connectivity index (χ3n) is 2.77. The van der Waals surface area contributed by atoms with Crippen molar-refractivity contribution in [2.75, 3.05) is 5.73 Å². The summed E-state index contributed by atoms with van der Waals surface area (Å²) >= 11 is 1.61. The normalized spacial score (nSPS) is 10.9. The van der Waals surface area contributed by atoms with E-state index in [-0.39, 0.29) is 0 Å². The van der Waals surface area contributed by atoms with E-state index in [1.807, 2.05) is 47.3 Å². The van der Waals surface area contributed by atoms with Crippen LogP contribution < -0.4 is 10.5 Å². The maximum atomic E-state index is 5.76. The Morgan fingerprint density at radius 2 is 2.33 bits per heavy atom. The van der Waals surface area contributed by atoms with Crippen LogP contribution in [-0.4, -0.2) is 9.38 Å². The third-order valence-corrected chi connectivity index (χ3v) is 3.54. The number of rotatable bonds is 3. The predicted octanol–water partition coefficient (Wildman–Crippen LogP) is 2.87. The van der Waals surface area contributed by atoms with Crippen LogP contribution >= 0.6 is 11.3 Å². The summed E-state index contributed by atoms with van der Waals surface area (Å²) in [6, 6.07) is 5.67. The van der Waals surface area contributed by atoms with Gasteiger partial charge in [0, 0.05) is 23.5 Å². The SMILES string of the molecule is Cc1cc(OCc2cn3ccsc3n2)ccc1N. The lowest BCUT2D eigenvalue weighted by molar-refractivity contribution is 0.302. The Bertz CT molecular complexity index is 658. The highest BCUT2D eigenvalue weighted by Crippen LogP contribution is 2.20. The molecule has 4 nitrogen and oxygen atoms in total. The molecule has 2 N–H and O–H groups in total. The van der Waals surface area contributed by atoms with Gasteiger partial charge in [0.15, 0.2) is 4.96 Å². The molecular formula is C13H13N3OS. The number of aryl methyl sites for hydroxylation is 1. The minimum atomic E-state index is 0.470. The maximum absolute atomic E-state index is 5.76. The first-order valence-corrected chi connectivity index (χ1v) is 6.50. The van der Waals surface area contributed by atoms with E-state index in [0.717, 1.165) is 27.7 Å². The average molecular weight is 259 g/mol. The van der Waals surface area contributed by atoms with E-state index in [2.05, 4.69) is 4.98 Å². The number of nitrogens with two attached hydrogens (primary N) is 1. The Morgan fingerprint density at radius 1 is 1.44 bits per heavy atom. The lowest BCUT2D eigenvalue weighted by atomic mass is 10.2. The van der Waals surface area contributed by atoms with Crippen molar-refractivity contribution in [2.24, 2.45) is 0 Å². The van der Waals surface area contributed by atoms with Crippen LogP contribution in [0.3, 0.4) is 0 Å². The Balaban J connectivity index is 1.73. The Morgan fingerprint density at radius 3 is 3.11 bits per heavy atom. The number of anilines is 1. The molecule has 5 heteroatoms. The van der Waals surface area contributed by atoms with Crippen LogP contribution in [-0.2, 0) is 6.61 Å². The predicted molar refractivity (Wildman–Crippen MR) is 73.0 cm³/mol. The van der Waals surface area contributed by atoms with Gasteiger partial charge in [-0.15, -0.1) is 11.3 Å². The minimum Gasteiger partial charge on any atom is -0.487 e. The van der Waals surface area contributed by atoms with Crippen molar-refractivity contribution in [3.8, 4) is 5.75 Å².